The number of fused-ring (bicyclic) bond motifs is 1. The standard InChI is InChI=1S/C17H11ClF2N2O3/c18-8-14(23)22-15-10-3-1-2-4-13(10)25-16(15)17(24)21-9-5-6-11(19)12(20)7-9/h1-7H,8H2,(H,21,24)(H,22,23). The number of hydrogen-bond donors (Lipinski definition) is 2. The molecule has 5 nitrogen and oxygen atoms in total. The van der Waals surface area contributed by atoms with Gasteiger partial charge in [-0.1, -0.05) is 12.1 Å². The Hall–Kier alpha value is -2.93. The molecule has 0 aliphatic rings. The molecule has 3 aromatic rings. The van der Waals surface area contributed by atoms with Crippen LogP contribution < -0.4 is 10.6 Å². The molecule has 0 radical (unpaired) electrons. The van der Waals surface area contributed by atoms with E-state index >= 15 is 0 Å². The number of carbonyl (C=O) groups excluding carboxylic acids is 2. The number of benzene rings is 2. The van der Waals surface area contributed by atoms with Crippen molar-refractivity contribution in [2.75, 3.05) is 16.5 Å². The van der Waals surface area contributed by atoms with E-state index in [4.69, 9.17) is 16.0 Å². The van der Waals surface area contributed by atoms with Crippen LogP contribution in [0, 0.1) is 11.6 Å². The van der Waals surface area contributed by atoms with E-state index in [1.807, 2.05) is 0 Å². The summed E-state index contributed by atoms with van der Waals surface area (Å²) in [5.41, 5.74) is 0.572. The van der Waals surface area contributed by atoms with Crippen LogP contribution >= 0.6 is 11.6 Å². The molecular formula is C17H11ClF2N2O3. The summed E-state index contributed by atoms with van der Waals surface area (Å²) < 4.78 is 31.7. The largest absolute Gasteiger partial charge is 0.449 e. The number of furan rings is 1. The SMILES string of the molecule is O=C(CCl)Nc1c(C(=O)Nc2ccc(F)c(F)c2)oc2ccccc12. The molecule has 0 unspecified atom stereocenters. The fourth-order valence-corrected chi connectivity index (χ4v) is 2.33. The molecule has 1 heterocycles. The Labute approximate surface area is 145 Å². The third-order valence-corrected chi connectivity index (χ3v) is 3.61. The maximum atomic E-state index is 13.3. The fourth-order valence-electron chi connectivity index (χ4n) is 2.26. The molecule has 0 saturated heterocycles. The van der Waals surface area contributed by atoms with Gasteiger partial charge in [0.15, 0.2) is 11.6 Å². The van der Waals surface area contributed by atoms with E-state index in [9.17, 15) is 18.4 Å². The zero-order valence-electron chi connectivity index (χ0n) is 12.6. The smallest absolute Gasteiger partial charge is 0.293 e. The molecule has 0 fully saturated rings. The summed E-state index contributed by atoms with van der Waals surface area (Å²) in [5.74, 6) is -3.86. The molecule has 128 valence electrons. The van der Waals surface area contributed by atoms with E-state index in [-0.39, 0.29) is 23.0 Å². The Morgan fingerprint density at radius 1 is 1.04 bits per heavy atom. The Bertz CT molecular complexity index is 972. The van der Waals surface area contributed by atoms with Crippen LogP contribution in [0.2, 0.25) is 0 Å². The summed E-state index contributed by atoms with van der Waals surface area (Å²) in [6, 6.07) is 9.64. The van der Waals surface area contributed by atoms with Crippen molar-refractivity contribution >= 4 is 45.8 Å². The van der Waals surface area contributed by atoms with Crippen molar-refractivity contribution in [2.24, 2.45) is 0 Å². The van der Waals surface area contributed by atoms with Gasteiger partial charge in [0.25, 0.3) is 5.91 Å². The predicted octanol–water partition coefficient (Wildman–Crippen LogP) is 4.14. The van der Waals surface area contributed by atoms with Crippen LogP contribution in [0.4, 0.5) is 20.2 Å². The number of alkyl halides is 1. The summed E-state index contributed by atoms with van der Waals surface area (Å²) in [6.07, 6.45) is 0. The average molecular weight is 365 g/mol. The van der Waals surface area contributed by atoms with Gasteiger partial charge < -0.3 is 15.1 Å². The number of amides is 2. The Morgan fingerprint density at radius 3 is 2.52 bits per heavy atom. The van der Waals surface area contributed by atoms with Gasteiger partial charge in [-0.05, 0) is 24.3 Å². The molecule has 25 heavy (non-hydrogen) atoms. The van der Waals surface area contributed by atoms with E-state index in [2.05, 4.69) is 10.6 Å². The normalized spacial score (nSPS) is 10.7. The van der Waals surface area contributed by atoms with Crippen LogP contribution in [0.3, 0.4) is 0 Å². The first-order valence-electron chi connectivity index (χ1n) is 7.13. The quantitative estimate of drug-likeness (QED) is 0.683. The average Bonchev–Trinajstić information content (AvgIpc) is 2.97. The molecule has 0 spiro atoms. The topological polar surface area (TPSA) is 71.3 Å². The van der Waals surface area contributed by atoms with Crippen LogP contribution in [-0.4, -0.2) is 17.7 Å². The van der Waals surface area contributed by atoms with Crippen molar-refractivity contribution < 1.29 is 22.8 Å². The molecule has 3 rings (SSSR count). The van der Waals surface area contributed by atoms with Crippen molar-refractivity contribution in [2.45, 2.75) is 0 Å². The first-order valence-corrected chi connectivity index (χ1v) is 7.67. The van der Waals surface area contributed by atoms with Crippen LogP contribution in [0.1, 0.15) is 10.6 Å². The van der Waals surface area contributed by atoms with Crippen molar-refractivity contribution in [1.29, 1.82) is 0 Å². The zero-order valence-corrected chi connectivity index (χ0v) is 13.4. The highest BCUT2D eigenvalue weighted by atomic mass is 35.5. The molecule has 0 saturated carbocycles. The van der Waals surface area contributed by atoms with Crippen molar-refractivity contribution in [3.8, 4) is 0 Å². The lowest BCUT2D eigenvalue weighted by molar-refractivity contribution is -0.113. The number of hydrogen-bond acceptors (Lipinski definition) is 3. The summed E-state index contributed by atoms with van der Waals surface area (Å²) >= 11 is 5.49. The summed E-state index contributed by atoms with van der Waals surface area (Å²) in [4.78, 5) is 24.1. The monoisotopic (exact) mass is 364 g/mol. The second-order valence-electron chi connectivity index (χ2n) is 5.07. The van der Waals surface area contributed by atoms with Crippen LogP contribution in [0.25, 0.3) is 11.0 Å². The Kier molecular flexibility index (Phi) is 4.67. The summed E-state index contributed by atoms with van der Waals surface area (Å²) in [7, 11) is 0. The molecule has 0 aliphatic heterocycles. The number of para-hydroxylation sites is 1. The fraction of sp³-hybridized carbons (Fsp3) is 0.0588. The third kappa shape index (κ3) is 3.46. The molecule has 2 N–H and O–H groups in total. The molecule has 2 amide bonds. The maximum absolute atomic E-state index is 13.3. The third-order valence-electron chi connectivity index (χ3n) is 3.36. The van der Waals surface area contributed by atoms with Gasteiger partial charge in [-0.25, -0.2) is 8.78 Å². The van der Waals surface area contributed by atoms with Crippen LogP contribution in [0.15, 0.2) is 46.9 Å². The summed E-state index contributed by atoms with van der Waals surface area (Å²) in [5, 5.41) is 5.42. The second-order valence-corrected chi connectivity index (χ2v) is 5.33. The van der Waals surface area contributed by atoms with Gasteiger partial charge in [0, 0.05) is 17.1 Å². The first-order chi connectivity index (χ1) is 12.0. The number of rotatable bonds is 4. The van der Waals surface area contributed by atoms with E-state index in [0.29, 0.717) is 11.0 Å². The van der Waals surface area contributed by atoms with Crippen molar-refractivity contribution in [3.05, 3.63) is 59.9 Å². The molecule has 1 aromatic heterocycles. The number of halogens is 3. The Morgan fingerprint density at radius 2 is 1.80 bits per heavy atom. The zero-order chi connectivity index (χ0) is 18.0. The van der Waals surface area contributed by atoms with E-state index < -0.39 is 23.4 Å². The molecular weight excluding hydrogens is 354 g/mol. The Balaban J connectivity index is 1.98. The van der Waals surface area contributed by atoms with Gasteiger partial charge in [-0.2, -0.15) is 0 Å². The molecule has 8 heteroatoms. The van der Waals surface area contributed by atoms with Crippen LogP contribution in [-0.2, 0) is 4.79 Å². The van der Waals surface area contributed by atoms with E-state index in [0.717, 1.165) is 12.1 Å². The first kappa shape index (κ1) is 16.9. The number of carbonyl (C=O) groups is 2. The minimum Gasteiger partial charge on any atom is -0.449 e. The summed E-state index contributed by atoms with van der Waals surface area (Å²) in [6.45, 7) is 0. The van der Waals surface area contributed by atoms with Crippen molar-refractivity contribution in [1.82, 2.24) is 0 Å². The number of nitrogens with one attached hydrogen (secondary N) is 2. The number of anilines is 2. The van der Waals surface area contributed by atoms with E-state index in [1.165, 1.54) is 6.07 Å². The lowest BCUT2D eigenvalue weighted by Crippen LogP contribution is -2.17. The van der Waals surface area contributed by atoms with Gasteiger partial charge in [0.1, 0.15) is 17.2 Å². The van der Waals surface area contributed by atoms with Gasteiger partial charge in [0.05, 0.1) is 0 Å². The molecule has 0 bridgehead atoms. The van der Waals surface area contributed by atoms with Crippen LogP contribution in [0.5, 0.6) is 0 Å². The van der Waals surface area contributed by atoms with E-state index in [1.54, 1.807) is 24.3 Å². The highest BCUT2D eigenvalue weighted by Gasteiger charge is 2.22. The van der Waals surface area contributed by atoms with Crippen molar-refractivity contribution in [3.63, 3.8) is 0 Å². The minimum absolute atomic E-state index is 0.0407. The highest BCUT2D eigenvalue weighted by Crippen LogP contribution is 2.31. The molecule has 0 atom stereocenters. The lowest BCUT2D eigenvalue weighted by Gasteiger charge is -2.06. The minimum atomic E-state index is -1.10. The lowest BCUT2D eigenvalue weighted by atomic mass is 10.2. The highest BCUT2D eigenvalue weighted by molar-refractivity contribution is 6.30. The van der Waals surface area contributed by atoms with Gasteiger partial charge in [0.2, 0.25) is 11.7 Å². The predicted molar refractivity (Wildman–Crippen MR) is 89.9 cm³/mol. The van der Waals surface area contributed by atoms with Gasteiger partial charge in [-0.3, -0.25) is 9.59 Å². The second kappa shape index (κ2) is 6.90. The maximum Gasteiger partial charge on any atom is 0.293 e. The molecule has 2 aromatic carbocycles. The molecule has 0 aliphatic carbocycles. The van der Waals surface area contributed by atoms with Gasteiger partial charge in [-0.15, -0.1) is 11.6 Å². The van der Waals surface area contributed by atoms with Gasteiger partial charge >= 0.3 is 0 Å².